The highest BCUT2D eigenvalue weighted by molar-refractivity contribution is 5.39. The third kappa shape index (κ3) is 2.00. The quantitative estimate of drug-likeness (QED) is 0.702. The molecule has 0 aromatic rings. The second-order valence-corrected chi connectivity index (χ2v) is 6.73. The Morgan fingerprint density at radius 2 is 1.88 bits per heavy atom. The molecule has 0 aliphatic heterocycles. The lowest BCUT2D eigenvalue weighted by atomic mass is 9.55. The van der Waals surface area contributed by atoms with Gasteiger partial charge >= 0.3 is 0 Å². The summed E-state index contributed by atoms with van der Waals surface area (Å²) in [5.74, 6) is 3.15. The molecule has 0 heterocycles. The monoisotopic (exact) mass is 238 g/mol. The van der Waals surface area contributed by atoms with Gasteiger partial charge in [-0.15, -0.1) is 0 Å². The van der Waals surface area contributed by atoms with Crippen molar-refractivity contribution in [3.8, 4) is 0 Å². The lowest BCUT2D eigenvalue weighted by molar-refractivity contribution is -0.189. The summed E-state index contributed by atoms with van der Waals surface area (Å²) in [5.41, 5.74) is -0.201. The van der Waals surface area contributed by atoms with Gasteiger partial charge in [-0.3, -0.25) is 4.79 Å². The smallest absolute Gasteiger partial charge is 0.293 e. The van der Waals surface area contributed by atoms with E-state index in [9.17, 15) is 4.79 Å². The number of rotatable bonds is 3. The molecule has 98 valence electrons. The van der Waals surface area contributed by atoms with Crippen molar-refractivity contribution in [3.05, 3.63) is 0 Å². The Morgan fingerprint density at radius 3 is 2.47 bits per heavy atom. The summed E-state index contributed by atoms with van der Waals surface area (Å²) in [6.07, 6.45) is 5.09. The number of hydrogen-bond acceptors (Lipinski definition) is 2. The van der Waals surface area contributed by atoms with Crippen LogP contribution >= 0.6 is 0 Å². The van der Waals surface area contributed by atoms with Gasteiger partial charge in [-0.1, -0.05) is 27.7 Å². The highest BCUT2D eigenvalue weighted by Gasteiger charge is 2.54. The van der Waals surface area contributed by atoms with Crippen LogP contribution in [0, 0.1) is 29.6 Å². The SMILES string of the molecule is CC1CC2CC(C)C(OC=O)(C(C)C)C(C1)C2. The average Bonchev–Trinajstić information content (AvgIpc) is 2.22. The zero-order valence-electron chi connectivity index (χ0n) is 11.6. The van der Waals surface area contributed by atoms with Gasteiger partial charge in [0.25, 0.3) is 6.47 Å². The minimum absolute atomic E-state index is 0.201. The predicted octanol–water partition coefficient (Wildman–Crippen LogP) is 3.65. The van der Waals surface area contributed by atoms with Gasteiger partial charge in [-0.2, -0.15) is 0 Å². The van der Waals surface area contributed by atoms with E-state index in [0.29, 0.717) is 24.2 Å². The summed E-state index contributed by atoms with van der Waals surface area (Å²) in [5, 5.41) is 0. The van der Waals surface area contributed by atoms with Gasteiger partial charge in [0.05, 0.1) is 0 Å². The minimum Gasteiger partial charge on any atom is -0.460 e. The highest BCUT2D eigenvalue weighted by Crippen LogP contribution is 2.54. The standard InChI is InChI=1S/C15H26O2/c1-10(2)15(17-9-16)12(4)7-13-5-11(3)6-14(15)8-13/h9-14H,5-8H2,1-4H3. The Kier molecular flexibility index (Phi) is 3.51. The van der Waals surface area contributed by atoms with Gasteiger partial charge in [-0.25, -0.2) is 0 Å². The third-order valence-corrected chi connectivity index (χ3v) is 5.29. The maximum atomic E-state index is 10.9. The fourth-order valence-electron chi connectivity index (χ4n) is 4.87. The molecule has 0 saturated heterocycles. The molecule has 2 aliphatic rings. The van der Waals surface area contributed by atoms with E-state index in [1.807, 2.05) is 0 Å². The molecule has 0 N–H and O–H groups in total. The van der Waals surface area contributed by atoms with Gasteiger partial charge in [-0.05, 0) is 55.3 Å². The summed E-state index contributed by atoms with van der Waals surface area (Å²) < 4.78 is 5.70. The molecule has 2 nitrogen and oxygen atoms in total. The van der Waals surface area contributed by atoms with Crippen molar-refractivity contribution < 1.29 is 9.53 Å². The van der Waals surface area contributed by atoms with Gasteiger partial charge in [0.15, 0.2) is 0 Å². The molecule has 0 radical (unpaired) electrons. The van der Waals surface area contributed by atoms with Gasteiger partial charge in [0.2, 0.25) is 0 Å². The molecule has 0 spiro atoms. The molecule has 17 heavy (non-hydrogen) atoms. The predicted molar refractivity (Wildman–Crippen MR) is 68.5 cm³/mol. The van der Waals surface area contributed by atoms with Crippen molar-refractivity contribution in [2.75, 3.05) is 0 Å². The summed E-state index contributed by atoms with van der Waals surface area (Å²) in [7, 11) is 0. The van der Waals surface area contributed by atoms with E-state index < -0.39 is 0 Å². The zero-order valence-corrected chi connectivity index (χ0v) is 11.6. The molecule has 2 aliphatic carbocycles. The van der Waals surface area contributed by atoms with E-state index in [-0.39, 0.29) is 5.60 Å². The van der Waals surface area contributed by atoms with Crippen LogP contribution in [-0.4, -0.2) is 12.1 Å². The fourth-order valence-corrected chi connectivity index (χ4v) is 4.87. The number of carbonyl (C=O) groups excluding carboxylic acids is 1. The molecule has 2 bridgehead atoms. The molecule has 2 fully saturated rings. The Morgan fingerprint density at radius 1 is 1.18 bits per heavy atom. The van der Waals surface area contributed by atoms with Crippen LogP contribution < -0.4 is 0 Å². The Balaban J connectivity index is 2.31. The second-order valence-electron chi connectivity index (χ2n) is 6.73. The van der Waals surface area contributed by atoms with E-state index in [1.165, 1.54) is 25.7 Å². The van der Waals surface area contributed by atoms with Crippen LogP contribution in [0.1, 0.15) is 53.4 Å². The molecule has 0 aromatic carbocycles. The molecule has 5 unspecified atom stereocenters. The summed E-state index contributed by atoms with van der Waals surface area (Å²) in [6, 6.07) is 0. The van der Waals surface area contributed by atoms with Crippen LogP contribution in [-0.2, 0) is 9.53 Å². The van der Waals surface area contributed by atoms with Crippen LogP contribution in [0.5, 0.6) is 0 Å². The first-order chi connectivity index (χ1) is 8.00. The van der Waals surface area contributed by atoms with Crippen molar-refractivity contribution in [2.24, 2.45) is 29.6 Å². The molecule has 2 rings (SSSR count). The largest absolute Gasteiger partial charge is 0.460 e. The van der Waals surface area contributed by atoms with Crippen molar-refractivity contribution in [1.82, 2.24) is 0 Å². The van der Waals surface area contributed by atoms with Gasteiger partial charge in [0, 0.05) is 0 Å². The summed E-state index contributed by atoms with van der Waals surface area (Å²) in [6.45, 7) is 9.73. The number of fused-ring (bicyclic) bond motifs is 2. The van der Waals surface area contributed by atoms with E-state index in [4.69, 9.17) is 4.74 Å². The lowest BCUT2D eigenvalue weighted by Crippen LogP contribution is -2.56. The number of ether oxygens (including phenoxy) is 1. The molecular weight excluding hydrogens is 212 g/mol. The molecule has 2 heteroatoms. The topological polar surface area (TPSA) is 26.3 Å². The first-order valence-corrected chi connectivity index (χ1v) is 7.12. The summed E-state index contributed by atoms with van der Waals surface area (Å²) >= 11 is 0. The van der Waals surface area contributed by atoms with Crippen LogP contribution in [0.3, 0.4) is 0 Å². The van der Waals surface area contributed by atoms with Crippen molar-refractivity contribution in [2.45, 2.75) is 59.0 Å². The van der Waals surface area contributed by atoms with E-state index in [0.717, 1.165) is 11.8 Å². The van der Waals surface area contributed by atoms with Crippen molar-refractivity contribution >= 4 is 6.47 Å². The normalized spacial score (nSPS) is 45.7. The maximum Gasteiger partial charge on any atom is 0.293 e. The van der Waals surface area contributed by atoms with Gasteiger partial charge < -0.3 is 4.74 Å². The average molecular weight is 238 g/mol. The van der Waals surface area contributed by atoms with E-state index in [1.54, 1.807) is 0 Å². The maximum absolute atomic E-state index is 10.9. The van der Waals surface area contributed by atoms with Crippen LogP contribution in [0.2, 0.25) is 0 Å². The second kappa shape index (κ2) is 4.62. The van der Waals surface area contributed by atoms with Crippen molar-refractivity contribution in [3.63, 3.8) is 0 Å². The van der Waals surface area contributed by atoms with Gasteiger partial charge in [0.1, 0.15) is 5.60 Å². The Labute approximate surface area is 105 Å². The first kappa shape index (κ1) is 12.9. The molecular formula is C15H26O2. The molecule has 2 saturated carbocycles. The summed E-state index contributed by atoms with van der Waals surface area (Å²) in [4.78, 5) is 10.9. The van der Waals surface area contributed by atoms with E-state index >= 15 is 0 Å². The molecule has 0 amide bonds. The van der Waals surface area contributed by atoms with E-state index in [2.05, 4.69) is 27.7 Å². The van der Waals surface area contributed by atoms with Crippen molar-refractivity contribution in [1.29, 1.82) is 0 Å². The lowest BCUT2D eigenvalue weighted by Gasteiger charge is -2.55. The Hall–Kier alpha value is -0.530. The number of carbonyl (C=O) groups is 1. The first-order valence-electron chi connectivity index (χ1n) is 7.12. The van der Waals surface area contributed by atoms with Crippen LogP contribution in [0.4, 0.5) is 0 Å². The third-order valence-electron chi connectivity index (χ3n) is 5.29. The van der Waals surface area contributed by atoms with Crippen LogP contribution in [0.25, 0.3) is 0 Å². The zero-order chi connectivity index (χ0) is 12.6. The highest BCUT2D eigenvalue weighted by atomic mass is 16.5. The molecule has 5 atom stereocenters. The number of hydrogen-bond donors (Lipinski definition) is 0. The Bertz CT molecular complexity index is 283. The fraction of sp³-hybridized carbons (Fsp3) is 0.933. The molecule has 0 aromatic heterocycles. The minimum atomic E-state index is -0.201. The van der Waals surface area contributed by atoms with Crippen LogP contribution in [0.15, 0.2) is 0 Å².